The van der Waals surface area contributed by atoms with Crippen molar-refractivity contribution in [2.45, 2.75) is 26.3 Å². The van der Waals surface area contributed by atoms with Crippen molar-refractivity contribution in [3.63, 3.8) is 0 Å². The number of rotatable bonds is 3. The SMILES string of the molecule is CC(C)NC(=O)C1CCN(c2ccnc3cnc4[nH]ccc4c23)C1. The summed E-state index contributed by atoms with van der Waals surface area (Å²) < 4.78 is 0. The van der Waals surface area contributed by atoms with Gasteiger partial charge in [-0.15, -0.1) is 0 Å². The van der Waals surface area contributed by atoms with Crippen molar-refractivity contribution >= 4 is 33.5 Å². The summed E-state index contributed by atoms with van der Waals surface area (Å²) in [6.45, 7) is 5.61. The van der Waals surface area contributed by atoms with E-state index in [2.05, 4.69) is 25.2 Å². The third-order valence-corrected chi connectivity index (χ3v) is 4.60. The van der Waals surface area contributed by atoms with Crippen LogP contribution in [0, 0.1) is 5.92 Å². The molecule has 1 unspecified atom stereocenters. The molecule has 0 radical (unpaired) electrons. The highest BCUT2D eigenvalue weighted by molar-refractivity contribution is 6.10. The Bertz CT molecular complexity index is 901. The number of aromatic nitrogens is 3. The summed E-state index contributed by atoms with van der Waals surface area (Å²) in [6, 6.07) is 4.26. The molecule has 6 heteroatoms. The fourth-order valence-corrected chi connectivity index (χ4v) is 3.49. The molecule has 24 heavy (non-hydrogen) atoms. The van der Waals surface area contributed by atoms with Crippen LogP contribution in [0.15, 0.2) is 30.7 Å². The van der Waals surface area contributed by atoms with E-state index in [0.29, 0.717) is 0 Å². The van der Waals surface area contributed by atoms with E-state index in [1.807, 2.05) is 38.4 Å². The van der Waals surface area contributed by atoms with Gasteiger partial charge in [0.25, 0.3) is 0 Å². The molecule has 1 aliphatic rings. The van der Waals surface area contributed by atoms with Gasteiger partial charge in [-0.25, -0.2) is 4.98 Å². The molecule has 1 atom stereocenters. The van der Waals surface area contributed by atoms with Crippen molar-refractivity contribution in [2.75, 3.05) is 18.0 Å². The van der Waals surface area contributed by atoms with Crippen LogP contribution in [-0.4, -0.2) is 40.0 Å². The number of nitrogens with one attached hydrogen (secondary N) is 2. The summed E-state index contributed by atoms with van der Waals surface area (Å²) in [4.78, 5) is 26.6. The van der Waals surface area contributed by atoms with E-state index in [1.54, 1.807) is 6.20 Å². The summed E-state index contributed by atoms with van der Waals surface area (Å²) in [5, 5.41) is 5.21. The lowest BCUT2D eigenvalue weighted by Gasteiger charge is -2.21. The van der Waals surface area contributed by atoms with Gasteiger partial charge in [-0.05, 0) is 32.4 Å². The highest BCUT2D eigenvalue weighted by Crippen LogP contribution is 2.33. The molecule has 4 heterocycles. The van der Waals surface area contributed by atoms with Gasteiger partial charge in [-0.2, -0.15) is 0 Å². The first kappa shape index (κ1) is 14.9. The van der Waals surface area contributed by atoms with Gasteiger partial charge in [0.1, 0.15) is 5.65 Å². The monoisotopic (exact) mass is 323 g/mol. The number of amides is 1. The minimum absolute atomic E-state index is 0.0409. The normalized spacial score (nSPS) is 18.0. The molecule has 0 aliphatic carbocycles. The predicted molar refractivity (Wildman–Crippen MR) is 95.0 cm³/mol. The van der Waals surface area contributed by atoms with Gasteiger partial charge in [0.05, 0.1) is 17.6 Å². The topological polar surface area (TPSA) is 73.9 Å². The molecule has 0 aromatic carbocycles. The molecule has 3 aromatic rings. The number of aromatic amines is 1. The summed E-state index contributed by atoms with van der Waals surface area (Å²) in [5.41, 5.74) is 2.88. The van der Waals surface area contributed by atoms with E-state index < -0.39 is 0 Å². The van der Waals surface area contributed by atoms with Crippen LogP contribution >= 0.6 is 0 Å². The summed E-state index contributed by atoms with van der Waals surface area (Å²) in [7, 11) is 0. The Kier molecular flexibility index (Phi) is 3.59. The molecule has 6 nitrogen and oxygen atoms in total. The van der Waals surface area contributed by atoms with Gasteiger partial charge < -0.3 is 15.2 Å². The largest absolute Gasteiger partial charge is 0.370 e. The van der Waals surface area contributed by atoms with Crippen LogP contribution in [0.3, 0.4) is 0 Å². The Morgan fingerprint density at radius 1 is 1.38 bits per heavy atom. The minimum Gasteiger partial charge on any atom is -0.370 e. The first-order valence-corrected chi connectivity index (χ1v) is 8.39. The van der Waals surface area contributed by atoms with E-state index in [0.717, 1.165) is 47.1 Å². The summed E-state index contributed by atoms with van der Waals surface area (Å²) >= 11 is 0. The van der Waals surface area contributed by atoms with Gasteiger partial charge >= 0.3 is 0 Å². The van der Waals surface area contributed by atoms with Crippen molar-refractivity contribution < 1.29 is 4.79 Å². The molecule has 1 saturated heterocycles. The Balaban J connectivity index is 1.70. The van der Waals surface area contributed by atoms with Crippen molar-refractivity contribution in [2.24, 2.45) is 5.92 Å². The molecule has 0 bridgehead atoms. The first-order chi connectivity index (χ1) is 11.6. The molecule has 4 rings (SSSR count). The molecular formula is C18H21N5O. The maximum atomic E-state index is 12.3. The summed E-state index contributed by atoms with van der Waals surface area (Å²) in [5.74, 6) is 0.193. The average molecular weight is 323 g/mol. The number of carbonyl (C=O) groups is 1. The maximum absolute atomic E-state index is 12.3. The standard InChI is InChI=1S/C18H21N5O/c1-11(2)22-18(24)12-5-8-23(10-12)15-4-7-19-14-9-21-17-13(16(14)15)3-6-20-17/h3-4,6-7,9,11-12H,5,8,10H2,1-2H3,(H,20,21)(H,22,24). The smallest absolute Gasteiger partial charge is 0.225 e. The van der Waals surface area contributed by atoms with Gasteiger partial charge in [0.15, 0.2) is 0 Å². The number of fused-ring (bicyclic) bond motifs is 3. The Hall–Kier alpha value is -2.63. The van der Waals surface area contributed by atoms with Gasteiger partial charge in [0, 0.05) is 48.0 Å². The lowest BCUT2D eigenvalue weighted by Crippen LogP contribution is -2.36. The number of carbonyl (C=O) groups excluding carboxylic acids is 1. The van der Waals surface area contributed by atoms with E-state index in [-0.39, 0.29) is 17.9 Å². The van der Waals surface area contributed by atoms with Crippen LogP contribution < -0.4 is 10.2 Å². The predicted octanol–water partition coefficient (Wildman–Crippen LogP) is 2.46. The molecule has 2 N–H and O–H groups in total. The van der Waals surface area contributed by atoms with Crippen molar-refractivity contribution in [3.8, 4) is 0 Å². The number of hydrogen-bond acceptors (Lipinski definition) is 4. The number of anilines is 1. The Morgan fingerprint density at radius 3 is 3.08 bits per heavy atom. The number of nitrogens with zero attached hydrogens (tertiary/aromatic N) is 3. The van der Waals surface area contributed by atoms with Crippen molar-refractivity contribution in [3.05, 3.63) is 30.7 Å². The zero-order chi connectivity index (χ0) is 16.7. The Morgan fingerprint density at radius 2 is 2.25 bits per heavy atom. The highest BCUT2D eigenvalue weighted by Gasteiger charge is 2.29. The molecule has 1 fully saturated rings. The van der Waals surface area contributed by atoms with Crippen LogP contribution in [0.2, 0.25) is 0 Å². The van der Waals surface area contributed by atoms with Crippen LogP contribution in [0.5, 0.6) is 0 Å². The highest BCUT2D eigenvalue weighted by atomic mass is 16.2. The van der Waals surface area contributed by atoms with Gasteiger partial charge in [0.2, 0.25) is 5.91 Å². The van der Waals surface area contributed by atoms with Crippen molar-refractivity contribution in [1.82, 2.24) is 20.3 Å². The third kappa shape index (κ3) is 2.48. The first-order valence-electron chi connectivity index (χ1n) is 8.39. The molecule has 3 aromatic heterocycles. The molecule has 1 aliphatic heterocycles. The zero-order valence-corrected chi connectivity index (χ0v) is 13.9. The maximum Gasteiger partial charge on any atom is 0.225 e. The van der Waals surface area contributed by atoms with Crippen LogP contribution in [-0.2, 0) is 4.79 Å². The Labute approximate surface area is 140 Å². The third-order valence-electron chi connectivity index (χ3n) is 4.60. The van der Waals surface area contributed by atoms with Crippen molar-refractivity contribution in [1.29, 1.82) is 0 Å². The second kappa shape index (κ2) is 5.78. The number of H-pyrrole nitrogens is 1. The fraction of sp³-hybridized carbons (Fsp3) is 0.389. The minimum atomic E-state index is 0.0409. The second-order valence-electron chi connectivity index (χ2n) is 6.68. The fourth-order valence-electron chi connectivity index (χ4n) is 3.49. The van der Waals surface area contributed by atoms with E-state index in [1.165, 1.54) is 0 Å². The van der Waals surface area contributed by atoms with Gasteiger partial charge in [-0.1, -0.05) is 0 Å². The van der Waals surface area contributed by atoms with E-state index in [9.17, 15) is 4.79 Å². The van der Waals surface area contributed by atoms with Crippen LogP contribution in [0.4, 0.5) is 5.69 Å². The number of pyridine rings is 2. The van der Waals surface area contributed by atoms with Crippen LogP contribution in [0.25, 0.3) is 21.9 Å². The van der Waals surface area contributed by atoms with Crippen LogP contribution in [0.1, 0.15) is 20.3 Å². The zero-order valence-electron chi connectivity index (χ0n) is 13.9. The number of hydrogen-bond donors (Lipinski definition) is 2. The van der Waals surface area contributed by atoms with E-state index in [4.69, 9.17) is 0 Å². The average Bonchev–Trinajstić information content (AvgIpc) is 3.22. The lowest BCUT2D eigenvalue weighted by molar-refractivity contribution is -0.124. The second-order valence-corrected chi connectivity index (χ2v) is 6.68. The lowest BCUT2D eigenvalue weighted by atomic mass is 10.1. The molecule has 0 saturated carbocycles. The molecule has 124 valence electrons. The molecule has 1 amide bonds. The van der Waals surface area contributed by atoms with Gasteiger partial charge in [-0.3, -0.25) is 9.78 Å². The molecule has 0 spiro atoms. The summed E-state index contributed by atoms with van der Waals surface area (Å²) in [6.07, 6.45) is 6.40. The quantitative estimate of drug-likeness (QED) is 0.776. The molecular weight excluding hydrogens is 302 g/mol. The van der Waals surface area contributed by atoms with E-state index >= 15 is 0 Å².